The molecular weight excluding hydrogens is 340 g/mol. The molecule has 128 valence electrons. The number of anilines is 1. The molecule has 0 spiro atoms. The molecule has 0 radical (unpaired) electrons. The van der Waals surface area contributed by atoms with Crippen molar-refractivity contribution in [1.29, 1.82) is 0 Å². The summed E-state index contributed by atoms with van der Waals surface area (Å²) in [6.45, 7) is 0.400. The number of sulfonamides is 1. The molecule has 0 saturated carbocycles. The summed E-state index contributed by atoms with van der Waals surface area (Å²) in [7, 11) is -3.79. The molecule has 2 N–H and O–H groups in total. The number of benzene rings is 2. The minimum atomic E-state index is -3.79. The van der Waals surface area contributed by atoms with Gasteiger partial charge in [0.2, 0.25) is 5.91 Å². The maximum Gasteiger partial charge on any atom is 0.265 e. The van der Waals surface area contributed by atoms with Crippen LogP contribution in [0.3, 0.4) is 0 Å². The molecule has 0 bridgehead atoms. The lowest BCUT2D eigenvalue weighted by Gasteiger charge is -2.12. The average molecular weight is 356 g/mol. The van der Waals surface area contributed by atoms with E-state index in [0.717, 1.165) is 16.5 Å². The van der Waals surface area contributed by atoms with E-state index in [1.54, 1.807) is 30.3 Å². The molecule has 1 aliphatic heterocycles. The van der Waals surface area contributed by atoms with Gasteiger partial charge in [-0.1, -0.05) is 18.2 Å². The Kier molecular flexibility index (Phi) is 3.73. The van der Waals surface area contributed by atoms with Gasteiger partial charge in [-0.05, 0) is 41.8 Å². The molecule has 0 aliphatic carbocycles. The van der Waals surface area contributed by atoms with Gasteiger partial charge < -0.3 is 9.73 Å². The molecule has 1 aliphatic rings. The Hall–Kier alpha value is -2.80. The highest BCUT2D eigenvalue weighted by Crippen LogP contribution is 2.27. The monoisotopic (exact) mass is 356 g/mol. The number of para-hydroxylation sites is 1. The van der Waals surface area contributed by atoms with Gasteiger partial charge in [-0.2, -0.15) is 0 Å². The summed E-state index contributed by atoms with van der Waals surface area (Å²) in [5.41, 5.74) is 2.76. The molecule has 0 atom stereocenters. The van der Waals surface area contributed by atoms with Gasteiger partial charge in [0.15, 0.2) is 5.58 Å². The highest BCUT2D eigenvalue weighted by molar-refractivity contribution is 7.93. The summed E-state index contributed by atoms with van der Waals surface area (Å²) in [6.07, 6.45) is 2.56. The SMILES string of the molecule is O=C1CCc2ccc(NS(=O)(=O)c3cccc4ccoc34)cc2CN1. The third-order valence-electron chi connectivity index (χ3n) is 4.29. The number of carbonyl (C=O) groups is 1. The first-order valence-electron chi connectivity index (χ1n) is 7.90. The van der Waals surface area contributed by atoms with Crippen molar-refractivity contribution in [3.63, 3.8) is 0 Å². The van der Waals surface area contributed by atoms with Crippen LogP contribution in [0.25, 0.3) is 11.0 Å². The van der Waals surface area contributed by atoms with Gasteiger partial charge in [-0.3, -0.25) is 9.52 Å². The molecule has 6 nitrogen and oxygen atoms in total. The Bertz CT molecular complexity index is 1070. The summed E-state index contributed by atoms with van der Waals surface area (Å²) < 4.78 is 33.4. The highest BCUT2D eigenvalue weighted by atomic mass is 32.2. The first kappa shape index (κ1) is 15.7. The molecule has 4 rings (SSSR count). The van der Waals surface area contributed by atoms with E-state index in [1.807, 2.05) is 6.07 Å². The molecule has 25 heavy (non-hydrogen) atoms. The fraction of sp³-hybridized carbons (Fsp3) is 0.167. The van der Waals surface area contributed by atoms with Crippen LogP contribution in [-0.4, -0.2) is 14.3 Å². The van der Waals surface area contributed by atoms with E-state index in [1.165, 1.54) is 12.3 Å². The van der Waals surface area contributed by atoms with Crippen molar-refractivity contribution in [2.45, 2.75) is 24.3 Å². The van der Waals surface area contributed by atoms with Crippen LogP contribution in [0.1, 0.15) is 17.5 Å². The molecular formula is C18H16N2O4S. The number of furan rings is 1. The Morgan fingerprint density at radius 3 is 2.80 bits per heavy atom. The van der Waals surface area contributed by atoms with Crippen LogP contribution in [0.2, 0.25) is 0 Å². The Morgan fingerprint density at radius 1 is 1.04 bits per heavy atom. The second-order valence-electron chi connectivity index (χ2n) is 5.96. The number of nitrogens with one attached hydrogen (secondary N) is 2. The van der Waals surface area contributed by atoms with Crippen molar-refractivity contribution in [2.75, 3.05) is 4.72 Å². The molecule has 0 fully saturated rings. The lowest BCUT2D eigenvalue weighted by molar-refractivity contribution is -0.121. The number of hydrogen-bond donors (Lipinski definition) is 2. The van der Waals surface area contributed by atoms with Gasteiger partial charge in [-0.25, -0.2) is 8.42 Å². The van der Waals surface area contributed by atoms with Gasteiger partial charge in [0.05, 0.1) is 6.26 Å². The lowest BCUT2D eigenvalue weighted by atomic mass is 10.0. The van der Waals surface area contributed by atoms with Crippen LogP contribution in [0, 0.1) is 0 Å². The predicted octanol–water partition coefficient (Wildman–Crippen LogP) is 2.80. The number of rotatable bonds is 3. The zero-order valence-corrected chi connectivity index (χ0v) is 14.1. The second-order valence-corrected chi connectivity index (χ2v) is 7.61. The first-order valence-corrected chi connectivity index (χ1v) is 9.39. The van der Waals surface area contributed by atoms with Gasteiger partial charge in [0.1, 0.15) is 4.90 Å². The maximum absolute atomic E-state index is 12.8. The molecule has 0 saturated heterocycles. The first-order chi connectivity index (χ1) is 12.0. The Balaban J connectivity index is 1.68. The fourth-order valence-corrected chi connectivity index (χ4v) is 4.23. The molecule has 2 aromatic carbocycles. The minimum absolute atomic E-state index is 0.00262. The minimum Gasteiger partial charge on any atom is -0.463 e. The van der Waals surface area contributed by atoms with E-state index in [2.05, 4.69) is 10.0 Å². The number of hydrogen-bond acceptors (Lipinski definition) is 4. The summed E-state index contributed by atoms with van der Waals surface area (Å²) in [5, 5.41) is 3.54. The van der Waals surface area contributed by atoms with Crippen LogP contribution in [-0.2, 0) is 27.8 Å². The lowest BCUT2D eigenvalue weighted by Crippen LogP contribution is -2.20. The molecule has 1 aromatic heterocycles. The van der Waals surface area contributed by atoms with Crippen LogP contribution in [0.4, 0.5) is 5.69 Å². The van der Waals surface area contributed by atoms with E-state index in [9.17, 15) is 13.2 Å². The van der Waals surface area contributed by atoms with Crippen LogP contribution < -0.4 is 10.0 Å². The van der Waals surface area contributed by atoms with E-state index in [4.69, 9.17) is 4.42 Å². The molecule has 3 aromatic rings. The van der Waals surface area contributed by atoms with Crippen molar-refractivity contribution in [3.8, 4) is 0 Å². The summed E-state index contributed by atoms with van der Waals surface area (Å²) in [6, 6.07) is 12.1. The molecule has 1 amide bonds. The van der Waals surface area contributed by atoms with Crippen molar-refractivity contribution in [2.24, 2.45) is 0 Å². The standard InChI is InChI=1S/C18H16N2O4S/c21-17-7-5-12-4-6-15(10-14(12)11-19-17)20-25(22,23)16-3-1-2-13-8-9-24-18(13)16/h1-4,6,8-10,20H,5,7,11H2,(H,19,21). The molecule has 2 heterocycles. The number of aryl methyl sites for hydroxylation is 1. The van der Waals surface area contributed by atoms with E-state index >= 15 is 0 Å². The van der Waals surface area contributed by atoms with Gasteiger partial charge >= 0.3 is 0 Å². The van der Waals surface area contributed by atoms with Crippen molar-refractivity contribution >= 4 is 32.6 Å². The fourth-order valence-electron chi connectivity index (χ4n) is 3.02. The topological polar surface area (TPSA) is 88.4 Å². The van der Waals surface area contributed by atoms with Gasteiger partial charge in [-0.15, -0.1) is 0 Å². The summed E-state index contributed by atoms with van der Waals surface area (Å²) >= 11 is 0. The highest BCUT2D eigenvalue weighted by Gasteiger charge is 2.20. The largest absolute Gasteiger partial charge is 0.463 e. The van der Waals surface area contributed by atoms with E-state index in [-0.39, 0.29) is 10.8 Å². The van der Waals surface area contributed by atoms with E-state index in [0.29, 0.717) is 30.7 Å². The normalized spacial score (nSPS) is 14.6. The Labute approximate surface area is 144 Å². The number of carbonyl (C=O) groups excluding carboxylic acids is 1. The average Bonchev–Trinajstić information content (AvgIpc) is 2.99. The summed E-state index contributed by atoms with van der Waals surface area (Å²) in [5.74, 6) is 0.00262. The van der Waals surface area contributed by atoms with Crippen molar-refractivity contribution < 1.29 is 17.6 Å². The Morgan fingerprint density at radius 2 is 1.92 bits per heavy atom. The smallest absolute Gasteiger partial charge is 0.265 e. The second kappa shape index (κ2) is 5.93. The van der Waals surface area contributed by atoms with Gasteiger partial charge in [0, 0.05) is 24.0 Å². The third-order valence-corrected chi connectivity index (χ3v) is 5.69. The van der Waals surface area contributed by atoms with Crippen molar-refractivity contribution in [3.05, 3.63) is 59.9 Å². The van der Waals surface area contributed by atoms with Crippen LogP contribution >= 0.6 is 0 Å². The number of amides is 1. The molecule has 7 heteroatoms. The predicted molar refractivity (Wildman–Crippen MR) is 93.6 cm³/mol. The third kappa shape index (κ3) is 2.98. The molecule has 0 unspecified atom stereocenters. The van der Waals surface area contributed by atoms with E-state index < -0.39 is 10.0 Å². The quantitative estimate of drug-likeness (QED) is 0.755. The zero-order chi connectivity index (χ0) is 17.4. The number of fused-ring (bicyclic) bond motifs is 2. The van der Waals surface area contributed by atoms with Crippen molar-refractivity contribution in [1.82, 2.24) is 5.32 Å². The van der Waals surface area contributed by atoms with Crippen LogP contribution in [0.15, 0.2) is 58.0 Å². The zero-order valence-electron chi connectivity index (χ0n) is 13.3. The summed E-state index contributed by atoms with van der Waals surface area (Å²) in [4.78, 5) is 11.6. The maximum atomic E-state index is 12.8. The van der Waals surface area contributed by atoms with Gasteiger partial charge in [0.25, 0.3) is 10.0 Å². The van der Waals surface area contributed by atoms with Crippen LogP contribution in [0.5, 0.6) is 0 Å².